The zero-order valence-electron chi connectivity index (χ0n) is 9.64. The quantitative estimate of drug-likeness (QED) is 0.715. The molecule has 3 N–H and O–H groups in total. The van der Waals surface area contributed by atoms with Gasteiger partial charge in [0, 0.05) is 19.3 Å². The molecule has 1 unspecified atom stereocenters. The largest absolute Gasteiger partial charge is 0.396 e. The van der Waals surface area contributed by atoms with Crippen molar-refractivity contribution in [3.05, 3.63) is 12.4 Å². The third kappa shape index (κ3) is 4.31. The highest BCUT2D eigenvalue weighted by Crippen LogP contribution is 1.97. The van der Waals surface area contributed by atoms with E-state index in [4.69, 9.17) is 10.5 Å². The molecule has 0 aliphatic carbocycles. The molecule has 0 bridgehead atoms. The van der Waals surface area contributed by atoms with Crippen molar-refractivity contribution in [3.8, 4) is 0 Å². The number of nitrogens with one attached hydrogen (secondary N) is 1. The molecule has 0 fully saturated rings. The molecule has 6 heteroatoms. The van der Waals surface area contributed by atoms with Gasteiger partial charge >= 0.3 is 0 Å². The van der Waals surface area contributed by atoms with Crippen LogP contribution in [0.25, 0.3) is 0 Å². The highest BCUT2D eigenvalue weighted by Gasteiger charge is 2.06. The van der Waals surface area contributed by atoms with E-state index in [2.05, 4.69) is 10.4 Å². The molecule has 0 aromatic carbocycles. The Kier molecular flexibility index (Phi) is 4.78. The van der Waals surface area contributed by atoms with Crippen molar-refractivity contribution < 1.29 is 9.53 Å². The molecule has 90 valence electrons. The van der Waals surface area contributed by atoms with E-state index in [1.54, 1.807) is 6.20 Å². The van der Waals surface area contributed by atoms with E-state index in [-0.39, 0.29) is 18.6 Å². The minimum Gasteiger partial charge on any atom is -0.396 e. The number of aromatic nitrogens is 2. The molecule has 0 radical (unpaired) electrons. The van der Waals surface area contributed by atoms with Crippen LogP contribution in [-0.2, 0) is 16.1 Å². The van der Waals surface area contributed by atoms with Gasteiger partial charge in [0.15, 0.2) is 0 Å². The third-order valence-electron chi connectivity index (χ3n) is 2.00. The van der Waals surface area contributed by atoms with Gasteiger partial charge in [0.05, 0.1) is 18.0 Å². The van der Waals surface area contributed by atoms with Crippen LogP contribution >= 0.6 is 0 Å². The highest BCUT2D eigenvalue weighted by molar-refractivity contribution is 5.75. The molecule has 1 aromatic rings. The Hall–Kier alpha value is -1.56. The average Bonchev–Trinajstić information content (AvgIpc) is 2.61. The molecule has 16 heavy (non-hydrogen) atoms. The Balaban J connectivity index is 2.26. The summed E-state index contributed by atoms with van der Waals surface area (Å²) in [6.07, 6.45) is 3.15. The van der Waals surface area contributed by atoms with E-state index in [0.717, 1.165) is 0 Å². The lowest BCUT2D eigenvalue weighted by Gasteiger charge is -2.12. The lowest BCUT2D eigenvalue weighted by molar-refractivity contribution is -0.122. The molecule has 1 atom stereocenters. The number of nitrogens with zero attached hydrogens (tertiary/aromatic N) is 2. The van der Waals surface area contributed by atoms with E-state index in [0.29, 0.717) is 18.8 Å². The van der Waals surface area contributed by atoms with Crippen LogP contribution in [0.5, 0.6) is 0 Å². The molecule has 1 aromatic heterocycles. The summed E-state index contributed by atoms with van der Waals surface area (Å²) in [7, 11) is 0. The van der Waals surface area contributed by atoms with Gasteiger partial charge in [-0.15, -0.1) is 0 Å². The van der Waals surface area contributed by atoms with Gasteiger partial charge in [-0.25, -0.2) is 0 Å². The predicted molar refractivity (Wildman–Crippen MR) is 60.7 cm³/mol. The third-order valence-corrected chi connectivity index (χ3v) is 2.00. The van der Waals surface area contributed by atoms with Gasteiger partial charge in [-0.05, 0) is 13.8 Å². The predicted octanol–water partition coefficient (Wildman–Crippen LogP) is 0.00650. The standard InChI is InChI=1S/C10H18N4O2/c1-3-16-8(2)4-12-10(15)7-14-6-9(11)5-13-14/h5-6,8H,3-4,7,11H2,1-2H3,(H,12,15). The number of hydrogen-bond donors (Lipinski definition) is 2. The molecule has 6 nitrogen and oxygen atoms in total. The Bertz CT molecular complexity index is 337. The lowest BCUT2D eigenvalue weighted by atomic mass is 10.4. The number of anilines is 1. The second-order valence-corrected chi connectivity index (χ2v) is 3.54. The summed E-state index contributed by atoms with van der Waals surface area (Å²) in [6.45, 7) is 5.16. The van der Waals surface area contributed by atoms with Crippen LogP contribution in [0, 0.1) is 0 Å². The molecule has 0 saturated carbocycles. The first-order chi connectivity index (χ1) is 7.61. The Morgan fingerprint density at radius 2 is 2.50 bits per heavy atom. The summed E-state index contributed by atoms with van der Waals surface area (Å²) in [5.74, 6) is -0.102. The fourth-order valence-corrected chi connectivity index (χ4v) is 1.27. The number of nitrogen functional groups attached to an aromatic ring is 1. The van der Waals surface area contributed by atoms with Crippen molar-refractivity contribution in [3.63, 3.8) is 0 Å². The van der Waals surface area contributed by atoms with Crippen LogP contribution in [0.4, 0.5) is 5.69 Å². The first-order valence-electron chi connectivity index (χ1n) is 5.28. The van der Waals surface area contributed by atoms with E-state index < -0.39 is 0 Å². The van der Waals surface area contributed by atoms with Crippen molar-refractivity contribution in [2.45, 2.75) is 26.5 Å². The zero-order valence-corrected chi connectivity index (χ0v) is 9.64. The maximum atomic E-state index is 11.5. The topological polar surface area (TPSA) is 82.2 Å². The molecule has 0 saturated heterocycles. The van der Waals surface area contributed by atoms with Gasteiger partial charge in [0.1, 0.15) is 6.54 Å². The Morgan fingerprint density at radius 1 is 1.75 bits per heavy atom. The maximum Gasteiger partial charge on any atom is 0.241 e. The smallest absolute Gasteiger partial charge is 0.241 e. The van der Waals surface area contributed by atoms with E-state index in [1.165, 1.54) is 10.9 Å². The van der Waals surface area contributed by atoms with Crippen molar-refractivity contribution in [2.75, 3.05) is 18.9 Å². The monoisotopic (exact) mass is 226 g/mol. The van der Waals surface area contributed by atoms with Gasteiger partial charge < -0.3 is 15.8 Å². The molecule has 0 aliphatic rings. The number of ether oxygens (including phenoxy) is 1. The Labute approximate surface area is 94.8 Å². The van der Waals surface area contributed by atoms with Crippen LogP contribution in [-0.4, -0.2) is 34.9 Å². The lowest BCUT2D eigenvalue weighted by Crippen LogP contribution is -2.34. The van der Waals surface area contributed by atoms with E-state index in [1.807, 2.05) is 13.8 Å². The van der Waals surface area contributed by atoms with Crippen molar-refractivity contribution >= 4 is 11.6 Å². The maximum absolute atomic E-state index is 11.5. The van der Waals surface area contributed by atoms with Crippen LogP contribution in [0.15, 0.2) is 12.4 Å². The Morgan fingerprint density at radius 3 is 3.06 bits per heavy atom. The minimum atomic E-state index is -0.102. The van der Waals surface area contributed by atoms with Gasteiger partial charge in [-0.1, -0.05) is 0 Å². The molecule has 0 spiro atoms. The first-order valence-corrected chi connectivity index (χ1v) is 5.28. The van der Waals surface area contributed by atoms with Gasteiger partial charge in [0.25, 0.3) is 0 Å². The van der Waals surface area contributed by atoms with Crippen molar-refractivity contribution in [2.24, 2.45) is 0 Å². The SMILES string of the molecule is CCOC(C)CNC(=O)Cn1cc(N)cn1. The van der Waals surface area contributed by atoms with Crippen LogP contribution in [0.3, 0.4) is 0 Å². The number of nitrogens with two attached hydrogens (primary N) is 1. The van der Waals surface area contributed by atoms with E-state index >= 15 is 0 Å². The summed E-state index contributed by atoms with van der Waals surface area (Å²) in [5, 5.41) is 6.68. The second kappa shape index (κ2) is 6.12. The number of amides is 1. The average molecular weight is 226 g/mol. The number of rotatable bonds is 6. The molecular weight excluding hydrogens is 208 g/mol. The second-order valence-electron chi connectivity index (χ2n) is 3.54. The molecule has 1 heterocycles. The van der Waals surface area contributed by atoms with Crippen molar-refractivity contribution in [1.29, 1.82) is 0 Å². The summed E-state index contributed by atoms with van der Waals surface area (Å²) < 4.78 is 6.79. The number of carbonyl (C=O) groups is 1. The fraction of sp³-hybridized carbons (Fsp3) is 0.600. The normalized spacial score (nSPS) is 12.4. The zero-order chi connectivity index (χ0) is 12.0. The van der Waals surface area contributed by atoms with Gasteiger partial charge in [-0.2, -0.15) is 5.10 Å². The molecule has 1 rings (SSSR count). The molecule has 0 aliphatic heterocycles. The molecular formula is C10H18N4O2. The summed E-state index contributed by atoms with van der Waals surface area (Å²) in [5.41, 5.74) is 6.03. The summed E-state index contributed by atoms with van der Waals surface area (Å²) in [6, 6.07) is 0. The minimum absolute atomic E-state index is 0.0247. The summed E-state index contributed by atoms with van der Waals surface area (Å²) in [4.78, 5) is 11.5. The van der Waals surface area contributed by atoms with Crippen molar-refractivity contribution in [1.82, 2.24) is 15.1 Å². The highest BCUT2D eigenvalue weighted by atomic mass is 16.5. The van der Waals surface area contributed by atoms with Gasteiger partial charge in [-0.3, -0.25) is 9.48 Å². The van der Waals surface area contributed by atoms with Crippen LogP contribution in [0.2, 0.25) is 0 Å². The molecule has 1 amide bonds. The first kappa shape index (κ1) is 12.5. The van der Waals surface area contributed by atoms with Crippen LogP contribution < -0.4 is 11.1 Å². The fourth-order valence-electron chi connectivity index (χ4n) is 1.27. The number of hydrogen-bond acceptors (Lipinski definition) is 4. The van der Waals surface area contributed by atoms with E-state index in [9.17, 15) is 4.79 Å². The number of carbonyl (C=O) groups excluding carboxylic acids is 1. The summed E-state index contributed by atoms with van der Waals surface area (Å²) >= 11 is 0. The van der Waals surface area contributed by atoms with Crippen LogP contribution in [0.1, 0.15) is 13.8 Å². The van der Waals surface area contributed by atoms with Gasteiger partial charge in [0.2, 0.25) is 5.91 Å².